The lowest BCUT2D eigenvalue weighted by molar-refractivity contribution is 0.262. The summed E-state index contributed by atoms with van der Waals surface area (Å²) in [5.74, 6) is 0. The highest BCUT2D eigenvalue weighted by Gasteiger charge is 2.04. The maximum atomic E-state index is 11.8. The highest BCUT2D eigenvalue weighted by atomic mass is 35.5. The summed E-state index contributed by atoms with van der Waals surface area (Å²) in [5, 5.41) is 6.18. The predicted molar refractivity (Wildman–Crippen MR) is 75.3 cm³/mol. The van der Waals surface area contributed by atoms with Crippen molar-refractivity contribution >= 4 is 29.0 Å². The molecule has 3 nitrogen and oxygen atoms in total. The van der Waals surface area contributed by atoms with Crippen LogP contribution in [0.4, 0.5) is 16.2 Å². The molecule has 0 unspecified atom stereocenters. The molecule has 2 aromatic carbocycles. The number of hydrogen-bond acceptors (Lipinski definition) is 1. The number of carbonyl (C=O) groups is 1. The van der Waals surface area contributed by atoms with Gasteiger partial charge in [0.2, 0.25) is 0 Å². The molecule has 18 heavy (non-hydrogen) atoms. The number of nitrogens with one attached hydrogen (secondary N) is 2. The van der Waals surface area contributed by atoms with E-state index in [1.807, 2.05) is 37.3 Å². The van der Waals surface area contributed by atoms with Crippen LogP contribution in [0.1, 0.15) is 5.56 Å². The average molecular weight is 261 g/mol. The Bertz CT molecular complexity index is 555. The van der Waals surface area contributed by atoms with Crippen LogP contribution in [0.2, 0.25) is 5.02 Å². The fraction of sp³-hybridized carbons (Fsp3) is 0.0714. The normalized spacial score (nSPS) is 9.89. The standard InChI is InChI=1S/C14H13ClN2O/c1-10-9-11(15)7-8-13(10)17-14(18)16-12-5-3-2-4-6-12/h2-9H,1H3,(H2,16,17,18). The van der Waals surface area contributed by atoms with E-state index in [-0.39, 0.29) is 6.03 Å². The molecule has 0 radical (unpaired) electrons. The molecule has 0 heterocycles. The highest BCUT2D eigenvalue weighted by molar-refractivity contribution is 6.30. The molecule has 0 spiro atoms. The molecule has 0 aliphatic heterocycles. The minimum atomic E-state index is -0.272. The van der Waals surface area contributed by atoms with Crippen molar-refractivity contribution in [2.75, 3.05) is 10.6 Å². The van der Waals surface area contributed by atoms with E-state index in [9.17, 15) is 4.79 Å². The Labute approximate surface area is 111 Å². The van der Waals surface area contributed by atoms with Crippen molar-refractivity contribution in [1.29, 1.82) is 0 Å². The van der Waals surface area contributed by atoms with Gasteiger partial charge in [0.15, 0.2) is 0 Å². The minimum Gasteiger partial charge on any atom is -0.308 e. The van der Waals surface area contributed by atoms with Crippen LogP contribution < -0.4 is 10.6 Å². The Morgan fingerprint density at radius 2 is 1.78 bits per heavy atom. The lowest BCUT2D eigenvalue weighted by Crippen LogP contribution is -2.19. The number of urea groups is 1. The predicted octanol–water partition coefficient (Wildman–Crippen LogP) is 4.29. The van der Waals surface area contributed by atoms with Gasteiger partial charge in [-0.3, -0.25) is 0 Å². The largest absolute Gasteiger partial charge is 0.323 e. The van der Waals surface area contributed by atoms with Gasteiger partial charge in [0.1, 0.15) is 0 Å². The monoisotopic (exact) mass is 260 g/mol. The third-order valence-electron chi connectivity index (χ3n) is 2.47. The van der Waals surface area contributed by atoms with Crippen molar-refractivity contribution < 1.29 is 4.79 Å². The molecule has 0 saturated heterocycles. The SMILES string of the molecule is Cc1cc(Cl)ccc1NC(=O)Nc1ccccc1. The first-order valence-electron chi connectivity index (χ1n) is 5.54. The minimum absolute atomic E-state index is 0.272. The topological polar surface area (TPSA) is 41.1 Å². The molecule has 0 aliphatic rings. The zero-order chi connectivity index (χ0) is 13.0. The molecule has 2 rings (SSSR count). The van der Waals surface area contributed by atoms with Crippen molar-refractivity contribution in [2.45, 2.75) is 6.92 Å². The molecule has 2 N–H and O–H groups in total. The Balaban J connectivity index is 2.03. The molecule has 0 atom stereocenters. The number of carbonyl (C=O) groups excluding carboxylic acids is 1. The van der Waals surface area contributed by atoms with Crippen LogP contribution in [0.25, 0.3) is 0 Å². The number of benzene rings is 2. The summed E-state index contributed by atoms with van der Waals surface area (Å²) in [5.41, 5.74) is 2.42. The maximum absolute atomic E-state index is 11.8. The maximum Gasteiger partial charge on any atom is 0.323 e. The third-order valence-corrected chi connectivity index (χ3v) is 2.70. The molecule has 4 heteroatoms. The van der Waals surface area contributed by atoms with Crippen LogP contribution in [-0.4, -0.2) is 6.03 Å². The van der Waals surface area contributed by atoms with E-state index in [0.717, 1.165) is 16.9 Å². The Kier molecular flexibility index (Phi) is 3.85. The van der Waals surface area contributed by atoms with Crippen LogP contribution >= 0.6 is 11.6 Å². The second kappa shape index (κ2) is 5.56. The van der Waals surface area contributed by atoms with Crippen LogP contribution in [-0.2, 0) is 0 Å². The number of halogens is 1. The van der Waals surface area contributed by atoms with Gasteiger partial charge in [-0.2, -0.15) is 0 Å². The number of rotatable bonds is 2. The molecule has 2 amide bonds. The summed E-state index contributed by atoms with van der Waals surface area (Å²) in [6.07, 6.45) is 0. The van der Waals surface area contributed by atoms with Crippen molar-refractivity contribution in [3.63, 3.8) is 0 Å². The molecule has 2 aromatic rings. The van der Waals surface area contributed by atoms with Crippen molar-refractivity contribution in [3.05, 3.63) is 59.1 Å². The van der Waals surface area contributed by atoms with Gasteiger partial charge in [0.25, 0.3) is 0 Å². The van der Waals surface area contributed by atoms with Gasteiger partial charge < -0.3 is 10.6 Å². The summed E-state index contributed by atoms with van der Waals surface area (Å²) in [4.78, 5) is 11.8. The van der Waals surface area contributed by atoms with Crippen LogP contribution in [0.5, 0.6) is 0 Å². The van der Waals surface area contributed by atoms with E-state index in [2.05, 4.69) is 10.6 Å². The van der Waals surface area contributed by atoms with Gasteiger partial charge in [0.05, 0.1) is 0 Å². The van der Waals surface area contributed by atoms with Gasteiger partial charge in [-0.05, 0) is 42.8 Å². The smallest absolute Gasteiger partial charge is 0.308 e. The van der Waals surface area contributed by atoms with Gasteiger partial charge in [0, 0.05) is 16.4 Å². The molecule has 0 bridgehead atoms. The van der Waals surface area contributed by atoms with Crippen molar-refractivity contribution in [2.24, 2.45) is 0 Å². The van der Waals surface area contributed by atoms with Gasteiger partial charge in [-0.25, -0.2) is 4.79 Å². The zero-order valence-electron chi connectivity index (χ0n) is 9.91. The van der Waals surface area contributed by atoms with Crippen molar-refractivity contribution in [1.82, 2.24) is 0 Å². The molecular weight excluding hydrogens is 248 g/mol. The number of para-hydroxylation sites is 1. The molecular formula is C14H13ClN2O. The van der Waals surface area contributed by atoms with E-state index < -0.39 is 0 Å². The van der Waals surface area contributed by atoms with Gasteiger partial charge >= 0.3 is 6.03 Å². The lowest BCUT2D eigenvalue weighted by atomic mass is 10.2. The first-order valence-corrected chi connectivity index (χ1v) is 5.92. The van der Waals surface area contributed by atoms with E-state index in [4.69, 9.17) is 11.6 Å². The zero-order valence-corrected chi connectivity index (χ0v) is 10.7. The molecule has 92 valence electrons. The van der Waals surface area contributed by atoms with E-state index in [1.54, 1.807) is 18.2 Å². The summed E-state index contributed by atoms with van der Waals surface area (Å²) in [7, 11) is 0. The summed E-state index contributed by atoms with van der Waals surface area (Å²) >= 11 is 5.85. The number of hydrogen-bond donors (Lipinski definition) is 2. The number of anilines is 2. The van der Waals surface area contributed by atoms with Gasteiger partial charge in [-0.1, -0.05) is 29.8 Å². The second-order valence-corrected chi connectivity index (χ2v) is 4.34. The molecule has 0 aromatic heterocycles. The second-order valence-electron chi connectivity index (χ2n) is 3.90. The molecule has 0 aliphatic carbocycles. The third kappa shape index (κ3) is 3.25. The molecule has 0 saturated carbocycles. The summed E-state index contributed by atoms with van der Waals surface area (Å²) < 4.78 is 0. The Hall–Kier alpha value is -2.00. The highest BCUT2D eigenvalue weighted by Crippen LogP contribution is 2.19. The van der Waals surface area contributed by atoms with Crippen molar-refractivity contribution in [3.8, 4) is 0 Å². The fourth-order valence-corrected chi connectivity index (χ4v) is 1.80. The first-order chi connectivity index (χ1) is 8.65. The van der Waals surface area contributed by atoms with Crippen LogP contribution in [0, 0.1) is 6.92 Å². The van der Waals surface area contributed by atoms with Crippen LogP contribution in [0.3, 0.4) is 0 Å². The Morgan fingerprint density at radius 1 is 1.06 bits per heavy atom. The fourth-order valence-electron chi connectivity index (χ4n) is 1.57. The Morgan fingerprint density at radius 3 is 2.44 bits per heavy atom. The average Bonchev–Trinajstić information content (AvgIpc) is 2.34. The van der Waals surface area contributed by atoms with Gasteiger partial charge in [-0.15, -0.1) is 0 Å². The van der Waals surface area contributed by atoms with E-state index in [1.165, 1.54) is 0 Å². The lowest BCUT2D eigenvalue weighted by Gasteiger charge is -2.10. The first kappa shape index (κ1) is 12.5. The van der Waals surface area contributed by atoms with E-state index in [0.29, 0.717) is 5.02 Å². The van der Waals surface area contributed by atoms with Crippen LogP contribution in [0.15, 0.2) is 48.5 Å². The number of amides is 2. The number of aryl methyl sites for hydroxylation is 1. The summed E-state index contributed by atoms with van der Waals surface area (Å²) in [6.45, 7) is 1.89. The molecule has 0 fully saturated rings. The quantitative estimate of drug-likeness (QED) is 0.831. The summed E-state index contributed by atoms with van der Waals surface area (Å²) in [6, 6.07) is 14.3. The van der Waals surface area contributed by atoms with E-state index >= 15 is 0 Å².